The topological polar surface area (TPSA) is 69.6 Å². The molecule has 4 nitrogen and oxygen atoms in total. The van der Waals surface area contributed by atoms with Gasteiger partial charge < -0.3 is 9.79 Å². The van der Waals surface area contributed by atoms with Crippen LogP contribution < -0.4 is 5.32 Å². The number of rotatable bonds is 5. The average Bonchev–Trinajstić information content (AvgIpc) is 2.18. The molecule has 0 spiro atoms. The molecule has 0 amide bonds. The summed E-state index contributed by atoms with van der Waals surface area (Å²) in [6, 6.07) is 9.54. The fourth-order valence-electron chi connectivity index (χ4n) is 1.33. The van der Waals surface area contributed by atoms with Gasteiger partial charge in [-0.25, -0.2) is 0 Å². The molecule has 0 aliphatic rings. The van der Waals surface area contributed by atoms with Crippen LogP contribution in [-0.2, 0) is 11.1 Å². The minimum atomic E-state index is -4.02. The average molecular weight is 229 g/mol. The van der Waals surface area contributed by atoms with E-state index >= 15 is 0 Å². The molecule has 1 atom stereocenters. The third-order valence-corrected chi connectivity index (χ3v) is 3.54. The summed E-state index contributed by atoms with van der Waals surface area (Å²) in [7, 11) is -4.02. The van der Waals surface area contributed by atoms with Crippen molar-refractivity contribution in [2.24, 2.45) is 0 Å². The Morgan fingerprint density at radius 2 is 1.93 bits per heavy atom. The van der Waals surface area contributed by atoms with Crippen LogP contribution in [0.3, 0.4) is 0 Å². The predicted molar refractivity (Wildman–Crippen MR) is 59.4 cm³/mol. The summed E-state index contributed by atoms with van der Waals surface area (Å²) in [6.45, 7) is 2.23. The fourth-order valence-corrected chi connectivity index (χ4v) is 2.14. The van der Waals surface area contributed by atoms with Gasteiger partial charge in [0.1, 0.15) is 5.78 Å². The van der Waals surface area contributed by atoms with Gasteiger partial charge in [-0.15, -0.1) is 0 Å². The second-order valence-electron chi connectivity index (χ2n) is 3.38. The molecule has 0 saturated heterocycles. The molecule has 0 heterocycles. The zero-order valence-corrected chi connectivity index (χ0v) is 9.52. The highest BCUT2D eigenvalue weighted by Crippen LogP contribution is 2.41. The first kappa shape index (κ1) is 12.4. The summed E-state index contributed by atoms with van der Waals surface area (Å²) in [5, 5.41) is 2.86. The standard InChI is InChI=1S/C10H16NO3P/c1-2-10(15(12,13)14)11-8-9-6-4-3-5-7-9/h3-7,10-11H,2,8H2,1H3,(H2,12,13,14). The van der Waals surface area contributed by atoms with Gasteiger partial charge in [0, 0.05) is 6.54 Å². The van der Waals surface area contributed by atoms with Crippen LogP contribution in [0.1, 0.15) is 18.9 Å². The number of hydrogen-bond donors (Lipinski definition) is 3. The molecule has 1 aromatic rings. The highest BCUT2D eigenvalue weighted by molar-refractivity contribution is 7.52. The molecule has 1 unspecified atom stereocenters. The maximum Gasteiger partial charge on any atom is 0.342 e. The van der Waals surface area contributed by atoms with E-state index in [0.29, 0.717) is 13.0 Å². The van der Waals surface area contributed by atoms with Crippen LogP contribution in [0.5, 0.6) is 0 Å². The Kier molecular flexibility index (Phi) is 4.48. The minimum Gasteiger partial charge on any atom is -0.323 e. The van der Waals surface area contributed by atoms with Crippen molar-refractivity contribution in [1.29, 1.82) is 0 Å². The van der Waals surface area contributed by atoms with E-state index in [1.807, 2.05) is 30.3 Å². The molecule has 84 valence electrons. The molecule has 3 N–H and O–H groups in total. The summed E-state index contributed by atoms with van der Waals surface area (Å²) in [5.41, 5.74) is 1.02. The molecule has 1 aromatic carbocycles. The van der Waals surface area contributed by atoms with Gasteiger partial charge >= 0.3 is 7.60 Å². The van der Waals surface area contributed by atoms with Crippen molar-refractivity contribution >= 4 is 7.60 Å². The molecule has 0 radical (unpaired) electrons. The maximum absolute atomic E-state index is 11.0. The summed E-state index contributed by atoms with van der Waals surface area (Å²) >= 11 is 0. The van der Waals surface area contributed by atoms with Crippen molar-refractivity contribution in [1.82, 2.24) is 5.32 Å². The Hall–Kier alpha value is -0.670. The van der Waals surface area contributed by atoms with Crippen LogP contribution in [0.2, 0.25) is 0 Å². The molecule has 1 rings (SSSR count). The van der Waals surface area contributed by atoms with Gasteiger partial charge in [-0.2, -0.15) is 0 Å². The van der Waals surface area contributed by atoms with Crippen molar-refractivity contribution in [3.8, 4) is 0 Å². The predicted octanol–water partition coefficient (Wildman–Crippen LogP) is 1.69. The lowest BCUT2D eigenvalue weighted by Gasteiger charge is -2.18. The molecule has 0 aromatic heterocycles. The van der Waals surface area contributed by atoms with Crippen LogP contribution in [0, 0.1) is 0 Å². The van der Waals surface area contributed by atoms with Gasteiger partial charge in [-0.05, 0) is 12.0 Å². The molecular weight excluding hydrogens is 213 g/mol. The van der Waals surface area contributed by atoms with E-state index in [1.54, 1.807) is 6.92 Å². The van der Waals surface area contributed by atoms with Crippen LogP contribution in [0.4, 0.5) is 0 Å². The summed E-state index contributed by atoms with van der Waals surface area (Å²) in [5.74, 6) is -0.752. The first-order valence-electron chi connectivity index (χ1n) is 4.86. The smallest absolute Gasteiger partial charge is 0.323 e. The Bertz CT molecular complexity index is 336. The molecule has 0 aliphatic carbocycles. The monoisotopic (exact) mass is 229 g/mol. The van der Waals surface area contributed by atoms with Crippen molar-refractivity contribution < 1.29 is 14.4 Å². The summed E-state index contributed by atoms with van der Waals surface area (Å²) in [6.07, 6.45) is 0.414. The molecular formula is C10H16NO3P. The number of benzene rings is 1. The summed E-state index contributed by atoms with van der Waals surface area (Å²) < 4.78 is 11.0. The van der Waals surface area contributed by atoms with E-state index in [4.69, 9.17) is 9.79 Å². The summed E-state index contributed by atoms with van der Waals surface area (Å²) in [4.78, 5) is 18.0. The number of hydrogen-bond acceptors (Lipinski definition) is 2. The zero-order valence-electron chi connectivity index (χ0n) is 8.63. The normalized spacial score (nSPS) is 13.8. The third kappa shape index (κ3) is 4.14. The highest BCUT2D eigenvalue weighted by atomic mass is 31.2. The Morgan fingerprint density at radius 1 is 1.33 bits per heavy atom. The van der Waals surface area contributed by atoms with Crippen LogP contribution >= 0.6 is 7.60 Å². The first-order chi connectivity index (χ1) is 7.04. The van der Waals surface area contributed by atoms with Crippen molar-refractivity contribution in [3.63, 3.8) is 0 Å². The van der Waals surface area contributed by atoms with Crippen molar-refractivity contribution in [2.45, 2.75) is 25.7 Å². The van der Waals surface area contributed by atoms with Crippen LogP contribution in [0.15, 0.2) is 30.3 Å². The van der Waals surface area contributed by atoms with Gasteiger partial charge in [-0.3, -0.25) is 9.88 Å². The molecule has 15 heavy (non-hydrogen) atoms. The van der Waals surface area contributed by atoms with E-state index in [2.05, 4.69) is 5.32 Å². The molecule has 0 bridgehead atoms. The third-order valence-electron chi connectivity index (χ3n) is 2.18. The van der Waals surface area contributed by atoms with Gasteiger partial charge in [-0.1, -0.05) is 37.3 Å². The Labute approximate surface area is 89.5 Å². The zero-order chi connectivity index (χ0) is 11.3. The van der Waals surface area contributed by atoms with Gasteiger partial charge in [0.05, 0.1) is 0 Å². The van der Waals surface area contributed by atoms with E-state index in [9.17, 15) is 4.57 Å². The maximum atomic E-state index is 11.0. The lowest BCUT2D eigenvalue weighted by atomic mass is 10.2. The van der Waals surface area contributed by atoms with E-state index in [0.717, 1.165) is 5.56 Å². The second-order valence-corrected chi connectivity index (χ2v) is 5.18. The lowest BCUT2D eigenvalue weighted by Crippen LogP contribution is -2.27. The van der Waals surface area contributed by atoms with Crippen molar-refractivity contribution in [2.75, 3.05) is 0 Å². The molecule has 0 fully saturated rings. The lowest BCUT2D eigenvalue weighted by molar-refractivity contribution is 0.343. The van der Waals surface area contributed by atoms with Crippen LogP contribution in [-0.4, -0.2) is 15.6 Å². The van der Waals surface area contributed by atoms with Gasteiger partial charge in [0.15, 0.2) is 0 Å². The Balaban J connectivity index is 2.53. The van der Waals surface area contributed by atoms with E-state index < -0.39 is 13.4 Å². The Morgan fingerprint density at radius 3 is 2.40 bits per heavy atom. The fraction of sp³-hybridized carbons (Fsp3) is 0.400. The SMILES string of the molecule is CCC(NCc1ccccc1)P(=O)(O)O. The van der Waals surface area contributed by atoms with Gasteiger partial charge in [0.25, 0.3) is 0 Å². The first-order valence-corrected chi connectivity index (χ1v) is 6.54. The molecule has 0 saturated carbocycles. The highest BCUT2D eigenvalue weighted by Gasteiger charge is 2.25. The van der Waals surface area contributed by atoms with E-state index in [1.165, 1.54) is 0 Å². The minimum absolute atomic E-state index is 0.414. The molecule has 5 heteroatoms. The number of nitrogens with one attached hydrogen (secondary N) is 1. The van der Waals surface area contributed by atoms with Crippen LogP contribution in [0.25, 0.3) is 0 Å². The van der Waals surface area contributed by atoms with Crippen molar-refractivity contribution in [3.05, 3.63) is 35.9 Å². The molecule has 0 aliphatic heterocycles. The largest absolute Gasteiger partial charge is 0.342 e. The van der Waals surface area contributed by atoms with Gasteiger partial charge in [0.2, 0.25) is 0 Å². The quantitative estimate of drug-likeness (QED) is 0.672. The van der Waals surface area contributed by atoms with E-state index in [-0.39, 0.29) is 0 Å². The second kappa shape index (κ2) is 5.42.